The van der Waals surface area contributed by atoms with Gasteiger partial charge >= 0.3 is 6.09 Å². The van der Waals surface area contributed by atoms with Crippen LogP contribution >= 0.6 is 35.6 Å². The van der Waals surface area contributed by atoms with Gasteiger partial charge in [-0.3, -0.25) is 4.79 Å². The summed E-state index contributed by atoms with van der Waals surface area (Å²) in [5, 5.41) is 5.76. The molecule has 2 saturated heterocycles. The zero-order valence-corrected chi connectivity index (χ0v) is 17.3. The van der Waals surface area contributed by atoms with Crippen molar-refractivity contribution in [2.24, 2.45) is 0 Å². The molecule has 29 heavy (non-hydrogen) atoms. The number of hydrogen-bond donors (Lipinski definition) is 2. The number of alkyl carbamates (subject to hydrolysis) is 1. The zero-order valence-electron chi connectivity index (χ0n) is 14.9. The second kappa shape index (κ2) is 8.44. The lowest BCUT2D eigenvalue weighted by molar-refractivity contribution is -0.115. The monoisotopic (exact) mass is 446 g/mol. The number of nitrogens with one attached hydrogen (secondary N) is 2. The fourth-order valence-electron chi connectivity index (χ4n) is 2.90. The number of cyclic esters (lactones) is 1. The van der Waals surface area contributed by atoms with Crippen LogP contribution in [-0.2, 0) is 16.0 Å². The van der Waals surface area contributed by atoms with Gasteiger partial charge in [-0.25, -0.2) is 4.79 Å². The maximum atomic E-state index is 11.8. The number of ether oxygens (including phenoxy) is 2. The van der Waals surface area contributed by atoms with Gasteiger partial charge in [0.25, 0.3) is 5.91 Å². The first-order valence-corrected chi connectivity index (χ1v) is 10.3. The second-order valence-electron chi connectivity index (χ2n) is 6.43. The Kier molecular flexibility index (Phi) is 5.75. The predicted octanol–water partition coefficient (Wildman–Crippen LogP) is 4.27. The van der Waals surface area contributed by atoms with Crippen LogP contribution in [0.15, 0.2) is 47.4 Å². The first kappa shape index (κ1) is 19.8. The Hall–Kier alpha value is -2.55. The molecule has 2 aromatic carbocycles. The van der Waals surface area contributed by atoms with Crippen LogP contribution in [0.25, 0.3) is 6.08 Å². The maximum absolute atomic E-state index is 11.8. The van der Waals surface area contributed by atoms with Crippen LogP contribution in [0.1, 0.15) is 11.1 Å². The molecule has 1 atom stereocenters. The number of carbonyl (C=O) groups is 2. The van der Waals surface area contributed by atoms with Gasteiger partial charge in [-0.2, -0.15) is 0 Å². The van der Waals surface area contributed by atoms with Crippen LogP contribution in [-0.4, -0.2) is 29.0 Å². The van der Waals surface area contributed by atoms with Gasteiger partial charge in [0.15, 0.2) is 0 Å². The third kappa shape index (κ3) is 4.90. The highest BCUT2D eigenvalue weighted by atomic mass is 35.5. The molecule has 148 valence electrons. The first-order chi connectivity index (χ1) is 14.0. The Morgan fingerprint density at radius 1 is 1.24 bits per heavy atom. The summed E-state index contributed by atoms with van der Waals surface area (Å²) in [5.74, 6) is 0.946. The van der Waals surface area contributed by atoms with Crippen molar-refractivity contribution in [3.05, 3.63) is 63.5 Å². The largest absolute Gasteiger partial charge is 0.456 e. The molecular weight excluding hydrogens is 432 g/mol. The van der Waals surface area contributed by atoms with Gasteiger partial charge in [-0.15, -0.1) is 0 Å². The summed E-state index contributed by atoms with van der Waals surface area (Å²) in [6.07, 6.45) is 2.04. The van der Waals surface area contributed by atoms with Crippen molar-refractivity contribution >= 4 is 58.0 Å². The standard InChI is InChI=1S/C20H15ClN2O4S2/c21-15-8-12(9-17-18(24)23-20(28)29-17)3-6-16(15)27-14-4-1-11(2-5-14)7-13-10-26-19(25)22-13/h1-6,8-9,13H,7,10H2,(H,22,25)(H,23,24,28)/b17-9-. The zero-order chi connectivity index (χ0) is 20.4. The molecule has 2 amide bonds. The summed E-state index contributed by atoms with van der Waals surface area (Å²) in [7, 11) is 0. The van der Waals surface area contributed by atoms with E-state index in [2.05, 4.69) is 10.6 Å². The predicted molar refractivity (Wildman–Crippen MR) is 116 cm³/mol. The maximum Gasteiger partial charge on any atom is 0.407 e. The summed E-state index contributed by atoms with van der Waals surface area (Å²) in [6.45, 7) is 0.376. The van der Waals surface area contributed by atoms with Gasteiger partial charge in [0.2, 0.25) is 0 Å². The number of benzene rings is 2. The van der Waals surface area contributed by atoms with E-state index >= 15 is 0 Å². The summed E-state index contributed by atoms with van der Waals surface area (Å²) < 4.78 is 11.2. The van der Waals surface area contributed by atoms with Gasteiger partial charge in [-0.1, -0.05) is 53.8 Å². The first-order valence-electron chi connectivity index (χ1n) is 8.71. The Bertz CT molecular complexity index is 1020. The third-order valence-corrected chi connectivity index (χ3v) is 5.72. The van der Waals surface area contributed by atoms with E-state index < -0.39 is 0 Å². The number of thioether (sulfide) groups is 1. The number of hydrogen-bond acceptors (Lipinski definition) is 6. The molecule has 2 aromatic rings. The van der Waals surface area contributed by atoms with Crippen LogP contribution in [0, 0.1) is 0 Å². The fraction of sp³-hybridized carbons (Fsp3) is 0.150. The topological polar surface area (TPSA) is 76.7 Å². The van der Waals surface area contributed by atoms with Crippen LogP contribution in [0.2, 0.25) is 5.02 Å². The molecule has 2 heterocycles. The number of amides is 2. The second-order valence-corrected chi connectivity index (χ2v) is 8.56. The molecule has 4 rings (SSSR count). The minimum atomic E-state index is -0.376. The molecular formula is C20H15ClN2O4S2. The van der Waals surface area contributed by atoms with Crippen molar-refractivity contribution < 1.29 is 19.1 Å². The molecule has 0 bridgehead atoms. The fourth-order valence-corrected chi connectivity index (χ4v) is 4.18. The Balaban J connectivity index is 1.41. The average molecular weight is 447 g/mol. The number of rotatable bonds is 5. The molecule has 0 saturated carbocycles. The molecule has 9 heteroatoms. The quantitative estimate of drug-likeness (QED) is 0.527. The molecule has 2 aliphatic rings. The lowest BCUT2D eigenvalue weighted by atomic mass is 10.1. The number of halogens is 1. The highest BCUT2D eigenvalue weighted by molar-refractivity contribution is 8.26. The smallest absolute Gasteiger partial charge is 0.407 e. The van der Waals surface area contributed by atoms with Gasteiger partial charge < -0.3 is 20.1 Å². The highest BCUT2D eigenvalue weighted by Crippen LogP contribution is 2.32. The Labute approximate surface area is 181 Å². The van der Waals surface area contributed by atoms with Crippen molar-refractivity contribution in [1.82, 2.24) is 10.6 Å². The summed E-state index contributed by atoms with van der Waals surface area (Å²) in [5.41, 5.74) is 1.84. The molecule has 0 radical (unpaired) electrons. The van der Waals surface area contributed by atoms with Crippen molar-refractivity contribution in [1.29, 1.82) is 0 Å². The van der Waals surface area contributed by atoms with E-state index in [1.807, 2.05) is 30.3 Å². The molecule has 6 nitrogen and oxygen atoms in total. The van der Waals surface area contributed by atoms with E-state index in [0.29, 0.717) is 38.8 Å². The molecule has 0 spiro atoms. The third-order valence-electron chi connectivity index (χ3n) is 4.27. The van der Waals surface area contributed by atoms with E-state index in [1.54, 1.807) is 18.2 Å². The van der Waals surface area contributed by atoms with Gasteiger partial charge in [0, 0.05) is 0 Å². The van der Waals surface area contributed by atoms with Crippen molar-refractivity contribution in [2.45, 2.75) is 12.5 Å². The van der Waals surface area contributed by atoms with E-state index in [1.165, 1.54) is 11.8 Å². The Morgan fingerprint density at radius 3 is 2.66 bits per heavy atom. The minimum Gasteiger partial charge on any atom is -0.456 e. The van der Waals surface area contributed by atoms with Gasteiger partial charge in [-0.05, 0) is 47.9 Å². The summed E-state index contributed by atoms with van der Waals surface area (Å²) in [6, 6.07) is 12.9. The van der Waals surface area contributed by atoms with E-state index in [0.717, 1.165) is 11.1 Å². The molecule has 2 aliphatic heterocycles. The molecule has 2 fully saturated rings. The van der Waals surface area contributed by atoms with E-state index in [-0.39, 0.29) is 18.0 Å². The molecule has 1 unspecified atom stereocenters. The highest BCUT2D eigenvalue weighted by Gasteiger charge is 2.23. The van der Waals surface area contributed by atoms with Crippen molar-refractivity contribution in [3.63, 3.8) is 0 Å². The van der Waals surface area contributed by atoms with Gasteiger partial charge in [0.05, 0.1) is 16.0 Å². The summed E-state index contributed by atoms with van der Waals surface area (Å²) >= 11 is 12.5. The minimum absolute atomic E-state index is 0.0140. The van der Waals surface area contributed by atoms with E-state index in [9.17, 15) is 9.59 Å². The number of carbonyl (C=O) groups excluding carboxylic acids is 2. The lowest BCUT2D eigenvalue weighted by Crippen LogP contribution is -2.28. The molecule has 0 aliphatic carbocycles. The van der Waals surface area contributed by atoms with Gasteiger partial charge in [0.1, 0.15) is 22.4 Å². The molecule has 0 aromatic heterocycles. The molecule has 2 N–H and O–H groups in total. The lowest BCUT2D eigenvalue weighted by Gasteiger charge is -2.10. The van der Waals surface area contributed by atoms with E-state index in [4.69, 9.17) is 33.3 Å². The normalized spacial score (nSPS) is 19.8. The van der Waals surface area contributed by atoms with Crippen LogP contribution in [0.5, 0.6) is 11.5 Å². The van der Waals surface area contributed by atoms with Crippen LogP contribution in [0.4, 0.5) is 4.79 Å². The average Bonchev–Trinajstić information content (AvgIpc) is 3.23. The Morgan fingerprint density at radius 2 is 2.03 bits per heavy atom. The van der Waals surface area contributed by atoms with Crippen LogP contribution < -0.4 is 15.4 Å². The van der Waals surface area contributed by atoms with Crippen molar-refractivity contribution in [2.75, 3.05) is 6.61 Å². The number of thiocarbonyl (C=S) groups is 1. The SMILES string of the molecule is O=C1NC(Cc2ccc(Oc3ccc(/C=C4\SC(=S)NC4=O)cc3Cl)cc2)CO1. The summed E-state index contributed by atoms with van der Waals surface area (Å²) in [4.78, 5) is 23.4. The van der Waals surface area contributed by atoms with Crippen molar-refractivity contribution in [3.8, 4) is 11.5 Å². The van der Waals surface area contributed by atoms with Crippen LogP contribution in [0.3, 0.4) is 0 Å².